The lowest BCUT2D eigenvalue weighted by molar-refractivity contribution is 0.700. The van der Waals surface area contributed by atoms with E-state index in [1.807, 2.05) is 30.3 Å². The van der Waals surface area contributed by atoms with Gasteiger partial charge < -0.3 is 9.88 Å². The molecule has 1 heterocycles. The van der Waals surface area contributed by atoms with Gasteiger partial charge in [-0.1, -0.05) is 30.7 Å². The molecule has 2 aromatic carbocycles. The van der Waals surface area contributed by atoms with Gasteiger partial charge in [-0.3, -0.25) is 0 Å². The summed E-state index contributed by atoms with van der Waals surface area (Å²) < 4.78 is 2.29. The van der Waals surface area contributed by atoms with Crippen LogP contribution in [0.1, 0.15) is 12.7 Å². The molecule has 3 aromatic rings. The first kappa shape index (κ1) is 14.0. The highest BCUT2D eigenvalue weighted by Crippen LogP contribution is 2.17. The molecule has 1 N–H and O–H groups in total. The summed E-state index contributed by atoms with van der Waals surface area (Å²) in [4.78, 5) is 4.69. The minimum absolute atomic E-state index is 0.759. The Bertz CT molecular complexity index is 731. The van der Waals surface area contributed by atoms with Crippen LogP contribution >= 0.6 is 11.6 Å². The van der Waals surface area contributed by atoms with Crippen LogP contribution in [0.15, 0.2) is 48.5 Å². The predicted molar refractivity (Wildman–Crippen MR) is 89.1 cm³/mol. The molecule has 0 aliphatic heterocycles. The first-order valence-corrected chi connectivity index (χ1v) is 7.59. The van der Waals surface area contributed by atoms with Gasteiger partial charge in [0.25, 0.3) is 0 Å². The summed E-state index contributed by atoms with van der Waals surface area (Å²) in [6.07, 6.45) is 0.940. The molecule has 3 rings (SSSR count). The number of rotatable bonds is 5. The van der Waals surface area contributed by atoms with Crippen molar-refractivity contribution in [2.24, 2.45) is 0 Å². The molecule has 0 radical (unpaired) electrons. The molecule has 0 amide bonds. The molecular formula is C17H18ClN3. The van der Waals surface area contributed by atoms with E-state index in [4.69, 9.17) is 11.6 Å². The van der Waals surface area contributed by atoms with E-state index in [1.54, 1.807) is 0 Å². The SMILES string of the molecule is CCc1nc2ccccc2n1CCNc1ccc(Cl)cc1. The van der Waals surface area contributed by atoms with Gasteiger partial charge in [0.15, 0.2) is 0 Å². The third kappa shape index (κ3) is 3.03. The van der Waals surface area contributed by atoms with Gasteiger partial charge in [0.2, 0.25) is 0 Å². The second kappa shape index (κ2) is 6.19. The summed E-state index contributed by atoms with van der Waals surface area (Å²) in [6.45, 7) is 3.89. The lowest BCUT2D eigenvalue weighted by Gasteiger charge is -2.10. The molecule has 0 bridgehead atoms. The quantitative estimate of drug-likeness (QED) is 0.758. The standard InChI is InChI=1S/C17H18ClN3/c1-2-17-20-15-5-3-4-6-16(15)21(17)12-11-19-14-9-7-13(18)8-10-14/h3-10,19H,2,11-12H2,1H3. The molecule has 0 fully saturated rings. The maximum Gasteiger partial charge on any atom is 0.109 e. The first-order chi connectivity index (χ1) is 10.3. The summed E-state index contributed by atoms with van der Waals surface area (Å²) in [5.41, 5.74) is 3.36. The molecule has 0 aliphatic carbocycles. The van der Waals surface area contributed by atoms with Crippen LogP contribution in [0, 0.1) is 0 Å². The van der Waals surface area contributed by atoms with Crippen LogP contribution in [0.25, 0.3) is 11.0 Å². The highest BCUT2D eigenvalue weighted by atomic mass is 35.5. The van der Waals surface area contributed by atoms with Crippen molar-refractivity contribution in [1.82, 2.24) is 9.55 Å². The van der Waals surface area contributed by atoms with Crippen LogP contribution in [-0.4, -0.2) is 16.1 Å². The largest absolute Gasteiger partial charge is 0.383 e. The molecule has 1 aromatic heterocycles. The van der Waals surface area contributed by atoms with E-state index < -0.39 is 0 Å². The molecule has 0 spiro atoms. The average Bonchev–Trinajstić information content (AvgIpc) is 2.87. The summed E-state index contributed by atoms with van der Waals surface area (Å²) in [5.74, 6) is 1.13. The van der Waals surface area contributed by atoms with E-state index in [1.165, 1.54) is 5.52 Å². The molecule has 3 nitrogen and oxygen atoms in total. The fourth-order valence-corrected chi connectivity index (χ4v) is 2.65. The van der Waals surface area contributed by atoms with E-state index in [-0.39, 0.29) is 0 Å². The maximum absolute atomic E-state index is 5.89. The number of hydrogen-bond acceptors (Lipinski definition) is 2. The molecule has 0 aliphatic rings. The summed E-state index contributed by atoms with van der Waals surface area (Å²) in [5, 5.41) is 4.18. The predicted octanol–water partition coefficient (Wildman–Crippen LogP) is 4.36. The number of benzene rings is 2. The van der Waals surface area contributed by atoms with E-state index in [0.29, 0.717) is 0 Å². The number of nitrogens with one attached hydrogen (secondary N) is 1. The van der Waals surface area contributed by atoms with Crippen LogP contribution in [0.2, 0.25) is 5.02 Å². The molecule has 21 heavy (non-hydrogen) atoms. The van der Waals surface area contributed by atoms with E-state index in [9.17, 15) is 0 Å². The van der Waals surface area contributed by atoms with Gasteiger partial charge in [0, 0.05) is 30.2 Å². The molecule has 0 unspecified atom stereocenters. The van der Waals surface area contributed by atoms with Crippen molar-refractivity contribution >= 4 is 28.3 Å². The molecule has 0 atom stereocenters. The van der Waals surface area contributed by atoms with E-state index >= 15 is 0 Å². The smallest absolute Gasteiger partial charge is 0.109 e. The number of para-hydroxylation sites is 2. The van der Waals surface area contributed by atoms with Crippen LogP contribution in [-0.2, 0) is 13.0 Å². The van der Waals surface area contributed by atoms with Gasteiger partial charge in [0.1, 0.15) is 5.82 Å². The third-order valence-corrected chi connectivity index (χ3v) is 3.81. The highest BCUT2D eigenvalue weighted by Gasteiger charge is 2.07. The number of anilines is 1. The zero-order valence-corrected chi connectivity index (χ0v) is 12.8. The molecule has 108 valence electrons. The Morgan fingerprint density at radius 2 is 1.86 bits per heavy atom. The van der Waals surface area contributed by atoms with Gasteiger partial charge in [-0.2, -0.15) is 0 Å². The zero-order chi connectivity index (χ0) is 14.7. The Labute approximate surface area is 129 Å². The number of nitrogens with zero attached hydrogens (tertiary/aromatic N) is 2. The number of fused-ring (bicyclic) bond motifs is 1. The third-order valence-electron chi connectivity index (χ3n) is 3.56. The van der Waals surface area contributed by atoms with Gasteiger partial charge in [-0.25, -0.2) is 4.98 Å². The Kier molecular flexibility index (Phi) is 4.11. The minimum atomic E-state index is 0.759. The zero-order valence-electron chi connectivity index (χ0n) is 12.0. The number of aromatic nitrogens is 2. The molecular weight excluding hydrogens is 282 g/mol. The monoisotopic (exact) mass is 299 g/mol. The van der Waals surface area contributed by atoms with Crippen LogP contribution in [0.3, 0.4) is 0 Å². The Balaban J connectivity index is 1.74. The van der Waals surface area contributed by atoms with Gasteiger partial charge >= 0.3 is 0 Å². The first-order valence-electron chi connectivity index (χ1n) is 7.21. The second-order valence-electron chi connectivity index (χ2n) is 4.96. The van der Waals surface area contributed by atoms with Crippen molar-refractivity contribution in [1.29, 1.82) is 0 Å². The summed E-state index contributed by atoms with van der Waals surface area (Å²) >= 11 is 5.89. The fourth-order valence-electron chi connectivity index (χ4n) is 2.52. The minimum Gasteiger partial charge on any atom is -0.383 e. The van der Waals surface area contributed by atoms with E-state index in [2.05, 4.69) is 40.0 Å². The molecule has 4 heteroatoms. The van der Waals surface area contributed by atoms with Gasteiger partial charge in [-0.15, -0.1) is 0 Å². The van der Waals surface area contributed by atoms with Crippen LogP contribution in [0.5, 0.6) is 0 Å². The normalized spacial score (nSPS) is 11.0. The van der Waals surface area contributed by atoms with Crippen molar-refractivity contribution in [3.63, 3.8) is 0 Å². The van der Waals surface area contributed by atoms with Crippen molar-refractivity contribution in [3.8, 4) is 0 Å². The van der Waals surface area contributed by atoms with Crippen molar-refractivity contribution in [2.75, 3.05) is 11.9 Å². The Morgan fingerprint density at radius 1 is 1.10 bits per heavy atom. The van der Waals surface area contributed by atoms with Gasteiger partial charge in [-0.05, 0) is 36.4 Å². The number of aryl methyl sites for hydroxylation is 1. The number of halogens is 1. The Hall–Kier alpha value is -2.00. The summed E-state index contributed by atoms with van der Waals surface area (Å²) in [7, 11) is 0. The number of imidazole rings is 1. The van der Waals surface area contributed by atoms with Crippen molar-refractivity contribution in [2.45, 2.75) is 19.9 Å². The van der Waals surface area contributed by atoms with E-state index in [0.717, 1.165) is 41.6 Å². The van der Waals surface area contributed by atoms with Crippen LogP contribution in [0.4, 0.5) is 5.69 Å². The molecule has 0 saturated heterocycles. The maximum atomic E-state index is 5.89. The summed E-state index contributed by atoms with van der Waals surface area (Å²) in [6, 6.07) is 16.1. The van der Waals surface area contributed by atoms with Crippen molar-refractivity contribution in [3.05, 3.63) is 59.4 Å². The van der Waals surface area contributed by atoms with Gasteiger partial charge in [0.05, 0.1) is 11.0 Å². The number of hydrogen-bond donors (Lipinski definition) is 1. The van der Waals surface area contributed by atoms with Crippen LogP contribution < -0.4 is 5.32 Å². The molecule has 0 saturated carbocycles. The van der Waals surface area contributed by atoms with Crippen molar-refractivity contribution < 1.29 is 0 Å². The fraction of sp³-hybridized carbons (Fsp3) is 0.235. The topological polar surface area (TPSA) is 29.9 Å². The lowest BCUT2D eigenvalue weighted by Crippen LogP contribution is -2.12. The second-order valence-corrected chi connectivity index (χ2v) is 5.39. The highest BCUT2D eigenvalue weighted by molar-refractivity contribution is 6.30. The lowest BCUT2D eigenvalue weighted by atomic mass is 10.3. The Morgan fingerprint density at radius 3 is 2.62 bits per heavy atom. The average molecular weight is 300 g/mol.